The maximum atomic E-state index is 12.6. The molecule has 1 aromatic heterocycles. The van der Waals surface area contributed by atoms with Crippen molar-refractivity contribution in [3.05, 3.63) is 41.4 Å². The highest BCUT2D eigenvalue weighted by Gasteiger charge is 2.17. The van der Waals surface area contributed by atoms with Gasteiger partial charge in [0, 0.05) is 23.2 Å². The number of nitrogens with zero attached hydrogens (tertiary/aromatic N) is 2. The summed E-state index contributed by atoms with van der Waals surface area (Å²) in [7, 11) is -2.03. The lowest BCUT2D eigenvalue weighted by Gasteiger charge is -2.15. The molecule has 3 rings (SSSR count). The van der Waals surface area contributed by atoms with Crippen molar-refractivity contribution in [3.8, 4) is 5.75 Å². The molecular formula is C19H23N3O3S2. The highest BCUT2D eigenvalue weighted by atomic mass is 32.2. The predicted molar refractivity (Wildman–Crippen MR) is 109 cm³/mol. The third-order valence-corrected chi connectivity index (χ3v) is 6.47. The largest absolute Gasteiger partial charge is 0.497 e. The van der Waals surface area contributed by atoms with Gasteiger partial charge in [-0.05, 0) is 49.4 Å². The first-order valence-corrected chi connectivity index (χ1v) is 11.5. The van der Waals surface area contributed by atoms with Crippen LogP contribution in [0.25, 0.3) is 6.08 Å². The summed E-state index contributed by atoms with van der Waals surface area (Å²) in [5.41, 5.74) is 0.664. The van der Waals surface area contributed by atoms with Crippen LogP contribution < -0.4 is 10.1 Å². The summed E-state index contributed by atoms with van der Waals surface area (Å²) in [5.74, 6) is 1.30. The molecule has 144 valence electrons. The summed E-state index contributed by atoms with van der Waals surface area (Å²) in [6.45, 7) is 0. The lowest BCUT2D eigenvalue weighted by molar-refractivity contribution is 0.414. The van der Waals surface area contributed by atoms with Crippen LogP contribution in [0, 0.1) is 0 Å². The van der Waals surface area contributed by atoms with E-state index < -0.39 is 9.84 Å². The SMILES string of the molecule is COc1ccc(S(=O)(=O)/C=C/c2cnc(SC)nc2NC2CCCC2)cc1. The van der Waals surface area contributed by atoms with Crippen molar-refractivity contribution in [1.82, 2.24) is 9.97 Å². The van der Waals surface area contributed by atoms with Crippen LogP contribution in [0.15, 0.2) is 45.9 Å². The van der Waals surface area contributed by atoms with Crippen molar-refractivity contribution >= 4 is 33.5 Å². The number of thioether (sulfide) groups is 1. The van der Waals surface area contributed by atoms with Gasteiger partial charge in [-0.3, -0.25) is 0 Å². The first kappa shape index (κ1) is 19.7. The van der Waals surface area contributed by atoms with E-state index in [1.54, 1.807) is 31.5 Å². The second kappa shape index (κ2) is 8.75. The number of hydrogen-bond donors (Lipinski definition) is 1. The number of rotatable bonds is 7. The molecule has 1 saturated carbocycles. The Morgan fingerprint density at radius 1 is 1.22 bits per heavy atom. The van der Waals surface area contributed by atoms with Crippen LogP contribution in [-0.2, 0) is 9.84 Å². The molecule has 2 aromatic rings. The Morgan fingerprint density at radius 3 is 2.56 bits per heavy atom. The van der Waals surface area contributed by atoms with Gasteiger partial charge < -0.3 is 10.1 Å². The van der Waals surface area contributed by atoms with Gasteiger partial charge in [0.25, 0.3) is 0 Å². The quantitative estimate of drug-likeness (QED) is 0.551. The van der Waals surface area contributed by atoms with Crippen LogP contribution in [0.4, 0.5) is 5.82 Å². The Balaban J connectivity index is 1.85. The van der Waals surface area contributed by atoms with Gasteiger partial charge in [0.15, 0.2) is 15.0 Å². The minimum Gasteiger partial charge on any atom is -0.497 e. The Kier molecular flexibility index (Phi) is 6.38. The highest BCUT2D eigenvalue weighted by Crippen LogP contribution is 2.26. The summed E-state index contributed by atoms with van der Waals surface area (Å²) in [4.78, 5) is 9.02. The number of anilines is 1. The number of methoxy groups -OCH3 is 1. The molecule has 0 amide bonds. The highest BCUT2D eigenvalue weighted by molar-refractivity contribution is 7.98. The first-order chi connectivity index (χ1) is 13.0. The maximum absolute atomic E-state index is 12.6. The zero-order chi connectivity index (χ0) is 19.3. The number of sulfone groups is 1. The van der Waals surface area contributed by atoms with Crippen molar-refractivity contribution in [3.63, 3.8) is 0 Å². The Morgan fingerprint density at radius 2 is 1.93 bits per heavy atom. The summed E-state index contributed by atoms with van der Waals surface area (Å²) >= 11 is 1.46. The number of ether oxygens (including phenoxy) is 1. The van der Waals surface area contributed by atoms with E-state index in [4.69, 9.17) is 4.74 Å². The molecule has 0 saturated heterocycles. The molecule has 1 heterocycles. The number of aromatic nitrogens is 2. The smallest absolute Gasteiger partial charge is 0.199 e. The fourth-order valence-electron chi connectivity index (χ4n) is 2.98. The van der Waals surface area contributed by atoms with Gasteiger partial charge in [0.2, 0.25) is 0 Å². The average Bonchev–Trinajstić information content (AvgIpc) is 3.20. The van der Waals surface area contributed by atoms with E-state index in [1.165, 1.54) is 42.1 Å². The zero-order valence-electron chi connectivity index (χ0n) is 15.4. The summed E-state index contributed by atoms with van der Waals surface area (Å²) in [5, 5.41) is 5.31. The molecule has 1 N–H and O–H groups in total. The Bertz CT molecular complexity index is 906. The van der Waals surface area contributed by atoms with E-state index in [0.717, 1.165) is 12.8 Å². The van der Waals surface area contributed by atoms with Crippen LogP contribution >= 0.6 is 11.8 Å². The third kappa shape index (κ3) is 5.01. The van der Waals surface area contributed by atoms with Crippen LogP contribution in [0.5, 0.6) is 5.75 Å². The minimum atomic E-state index is -3.57. The molecule has 27 heavy (non-hydrogen) atoms. The van der Waals surface area contributed by atoms with Gasteiger partial charge in [-0.15, -0.1) is 0 Å². The second-order valence-electron chi connectivity index (χ2n) is 6.31. The standard InChI is InChI=1S/C19H23N3O3S2/c1-25-16-7-9-17(10-8-16)27(23,24)12-11-14-13-20-19(26-2)22-18(14)21-15-5-3-4-6-15/h7-13,15H,3-6H2,1-2H3,(H,20,21,22)/b12-11+. The van der Waals surface area contributed by atoms with Crippen molar-refractivity contribution in [1.29, 1.82) is 0 Å². The summed E-state index contributed by atoms with van der Waals surface area (Å²) < 4.78 is 30.3. The van der Waals surface area contributed by atoms with Gasteiger partial charge in [0.1, 0.15) is 11.6 Å². The van der Waals surface area contributed by atoms with E-state index in [-0.39, 0.29) is 4.90 Å². The third-order valence-electron chi connectivity index (χ3n) is 4.49. The van der Waals surface area contributed by atoms with Crippen LogP contribution in [0.2, 0.25) is 0 Å². The zero-order valence-corrected chi connectivity index (χ0v) is 17.0. The molecule has 0 unspecified atom stereocenters. The lowest BCUT2D eigenvalue weighted by Crippen LogP contribution is -2.16. The molecule has 0 spiro atoms. The van der Waals surface area contributed by atoms with E-state index in [2.05, 4.69) is 15.3 Å². The summed E-state index contributed by atoms with van der Waals surface area (Å²) in [6.07, 6.45) is 9.75. The van der Waals surface area contributed by atoms with E-state index in [0.29, 0.717) is 28.3 Å². The lowest BCUT2D eigenvalue weighted by atomic mass is 10.2. The first-order valence-electron chi connectivity index (χ1n) is 8.76. The molecule has 1 aliphatic carbocycles. The number of benzene rings is 1. The van der Waals surface area contributed by atoms with Crippen LogP contribution in [0.1, 0.15) is 31.2 Å². The van der Waals surface area contributed by atoms with Crippen LogP contribution in [0.3, 0.4) is 0 Å². The van der Waals surface area contributed by atoms with Gasteiger partial charge in [-0.2, -0.15) is 0 Å². The molecule has 1 aromatic carbocycles. The van der Waals surface area contributed by atoms with Crippen molar-refractivity contribution in [2.24, 2.45) is 0 Å². The van der Waals surface area contributed by atoms with Gasteiger partial charge >= 0.3 is 0 Å². The van der Waals surface area contributed by atoms with E-state index in [9.17, 15) is 8.42 Å². The molecular weight excluding hydrogens is 382 g/mol. The topological polar surface area (TPSA) is 81.2 Å². The van der Waals surface area contributed by atoms with E-state index in [1.807, 2.05) is 6.26 Å². The molecule has 0 aliphatic heterocycles. The molecule has 1 aliphatic rings. The monoisotopic (exact) mass is 405 g/mol. The molecule has 0 atom stereocenters. The average molecular weight is 406 g/mol. The Hall–Kier alpha value is -2.06. The number of nitrogens with one attached hydrogen (secondary N) is 1. The predicted octanol–water partition coefficient (Wildman–Crippen LogP) is 4.01. The van der Waals surface area contributed by atoms with Gasteiger partial charge in [-0.1, -0.05) is 24.6 Å². The van der Waals surface area contributed by atoms with Gasteiger partial charge in [0.05, 0.1) is 12.0 Å². The molecule has 8 heteroatoms. The Labute approximate surface area is 164 Å². The fraction of sp³-hybridized carbons (Fsp3) is 0.368. The van der Waals surface area contributed by atoms with Crippen molar-refractivity contribution < 1.29 is 13.2 Å². The normalized spacial score (nSPS) is 15.3. The van der Waals surface area contributed by atoms with Crippen molar-refractivity contribution in [2.75, 3.05) is 18.7 Å². The number of hydrogen-bond acceptors (Lipinski definition) is 7. The molecule has 1 fully saturated rings. The molecule has 6 nitrogen and oxygen atoms in total. The summed E-state index contributed by atoms with van der Waals surface area (Å²) in [6, 6.07) is 6.70. The molecule has 0 radical (unpaired) electrons. The molecule has 0 bridgehead atoms. The fourth-order valence-corrected chi connectivity index (χ4v) is 4.32. The second-order valence-corrected chi connectivity index (χ2v) is 8.92. The van der Waals surface area contributed by atoms with Gasteiger partial charge in [-0.25, -0.2) is 18.4 Å². The maximum Gasteiger partial charge on any atom is 0.199 e. The minimum absolute atomic E-state index is 0.214. The van der Waals surface area contributed by atoms with Crippen LogP contribution in [-0.4, -0.2) is 37.8 Å². The van der Waals surface area contributed by atoms with E-state index >= 15 is 0 Å². The van der Waals surface area contributed by atoms with Crippen molar-refractivity contribution in [2.45, 2.75) is 41.8 Å².